The molecule has 1 saturated carbocycles. The maximum atomic E-state index is 12.3. The molecule has 0 N–H and O–H groups in total. The van der Waals surface area contributed by atoms with E-state index in [2.05, 4.69) is 13.8 Å². The van der Waals surface area contributed by atoms with Crippen molar-refractivity contribution in [1.82, 2.24) is 0 Å². The van der Waals surface area contributed by atoms with Crippen molar-refractivity contribution >= 4 is 5.97 Å². The van der Waals surface area contributed by atoms with Crippen LogP contribution in [0.4, 0.5) is 0 Å². The van der Waals surface area contributed by atoms with Gasteiger partial charge < -0.3 is 4.74 Å². The summed E-state index contributed by atoms with van der Waals surface area (Å²) in [5, 5.41) is 0. The van der Waals surface area contributed by atoms with Crippen molar-refractivity contribution in [2.75, 3.05) is 0 Å². The van der Waals surface area contributed by atoms with Gasteiger partial charge in [-0.2, -0.15) is 0 Å². The zero-order valence-electron chi connectivity index (χ0n) is 12.9. The van der Waals surface area contributed by atoms with Gasteiger partial charge in [0.15, 0.2) is 0 Å². The minimum absolute atomic E-state index is 0.0984. The molecule has 0 spiro atoms. The number of esters is 1. The molecule has 1 fully saturated rings. The van der Waals surface area contributed by atoms with Gasteiger partial charge in [0.2, 0.25) is 0 Å². The van der Waals surface area contributed by atoms with Gasteiger partial charge in [0.25, 0.3) is 0 Å². The number of hydrogen-bond acceptors (Lipinski definition) is 2. The largest absolute Gasteiger partial charge is 0.458 e. The van der Waals surface area contributed by atoms with Gasteiger partial charge in [0.1, 0.15) is 6.10 Å². The van der Waals surface area contributed by atoms with Crippen LogP contribution in [0.5, 0.6) is 0 Å². The highest BCUT2D eigenvalue weighted by Crippen LogP contribution is 2.46. The highest BCUT2D eigenvalue weighted by molar-refractivity contribution is 5.89. The third-order valence-corrected chi connectivity index (χ3v) is 4.81. The zero-order chi connectivity index (χ0) is 14.6. The Bertz CT molecular complexity index is 449. The third-order valence-electron chi connectivity index (χ3n) is 4.81. The van der Waals surface area contributed by atoms with Crippen LogP contribution in [0.25, 0.3) is 0 Å². The summed E-state index contributed by atoms with van der Waals surface area (Å²) in [7, 11) is 0. The Balaban J connectivity index is 2.08. The molecule has 0 saturated heterocycles. The number of rotatable bonds is 5. The van der Waals surface area contributed by atoms with Gasteiger partial charge in [-0.15, -0.1) is 0 Å². The molecule has 20 heavy (non-hydrogen) atoms. The second-order valence-electron chi connectivity index (χ2n) is 6.12. The van der Waals surface area contributed by atoms with E-state index >= 15 is 0 Å². The molecule has 2 heteroatoms. The number of benzene rings is 1. The standard InChI is InChI=1S/C18H26O2/c1-4-12-18(5-2)13-6-7-16(18)20-17(19)15-10-8-14(3)9-11-15/h8-11,16H,4-7,12-13H2,1-3H3. The summed E-state index contributed by atoms with van der Waals surface area (Å²) in [5.74, 6) is -0.161. The highest BCUT2D eigenvalue weighted by atomic mass is 16.5. The molecule has 2 unspecified atom stereocenters. The van der Waals surface area contributed by atoms with Crippen LogP contribution in [-0.4, -0.2) is 12.1 Å². The highest BCUT2D eigenvalue weighted by Gasteiger charge is 2.43. The first-order chi connectivity index (χ1) is 9.61. The lowest BCUT2D eigenvalue weighted by Crippen LogP contribution is -2.33. The topological polar surface area (TPSA) is 26.3 Å². The van der Waals surface area contributed by atoms with E-state index in [1.807, 2.05) is 31.2 Å². The fourth-order valence-electron chi connectivity index (χ4n) is 3.54. The van der Waals surface area contributed by atoms with Crippen molar-refractivity contribution in [3.8, 4) is 0 Å². The first kappa shape index (κ1) is 15.1. The van der Waals surface area contributed by atoms with Crippen molar-refractivity contribution in [1.29, 1.82) is 0 Å². The third kappa shape index (κ3) is 3.05. The minimum Gasteiger partial charge on any atom is -0.458 e. The Morgan fingerprint density at radius 2 is 2.00 bits per heavy atom. The molecule has 110 valence electrons. The average molecular weight is 274 g/mol. The fraction of sp³-hybridized carbons (Fsp3) is 0.611. The van der Waals surface area contributed by atoms with Crippen molar-refractivity contribution in [3.63, 3.8) is 0 Å². The summed E-state index contributed by atoms with van der Waals surface area (Å²) >= 11 is 0. The molecule has 0 radical (unpaired) electrons. The molecular formula is C18H26O2. The maximum absolute atomic E-state index is 12.3. The van der Waals surface area contributed by atoms with Crippen LogP contribution in [0.2, 0.25) is 0 Å². The van der Waals surface area contributed by atoms with Gasteiger partial charge in [-0.05, 0) is 51.2 Å². The van der Waals surface area contributed by atoms with E-state index in [4.69, 9.17) is 4.74 Å². The summed E-state index contributed by atoms with van der Waals surface area (Å²) in [5.41, 5.74) is 2.05. The molecule has 1 aromatic rings. The Morgan fingerprint density at radius 3 is 2.60 bits per heavy atom. The number of carbonyl (C=O) groups is 1. The van der Waals surface area contributed by atoms with Gasteiger partial charge in [0.05, 0.1) is 5.56 Å². The molecule has 2 rings (SSSR count). The average Bonchev–Trinajstić information content (AvgIpc) is 2.83. The van der Waals surface area contributed by atoms with E-state index < -0.39 is 0 Å². The zero-order valence-corrected chi connectivity index (χ0v) is 12.9. The lowest BCUT2D eigenvalue weighted by molar-refractivity contribution is -0.0102. The van der Waals surface area contributed by atoms with Gasteiger partial charge >= 0.3 is 5.97 Å². The van der Waals surface area contributed by atoms with Crippen LogP contribution < -0.4 is 0 Å². The Hall–Kier alpha value is -1.31. The second-order valence-corrected chi connectivity index (χ2v) is 6.12. The summed E-state index contributed by atoms with van der Waals surface area (Å²) < 4.78 is 5.86. The van der Waals surface area contributed by atoms with Gasteiger partial charge in [0, 0.05) is 5.41 Å². The molecule has 2 atom stereocenters. The quantitative estimate of drug-likeness (QED) is 0.714. The lowest BCUT2D eigenvalue weighted by atomic mass is 9.77. The van der Waals surface area contributed by atoms with Crippen LogP contribution in [0.3, 0.4) is 0 Å². The van der Waals surface area contributed by atoms with Crippen molar-refractivity contribution < 1.29 is 9.53 Å². The summed E-state index contributed by atoms with van der Waals surface area (Å²) in [4.78, 5) is 12.3. The van der Waals surface area contributed by atoms with Crippen LogP contribution in [0.15, 0.2) is 24.3 Å². The molecule has 0 aromatic heterocycles. The van der Waals surface area contributed by atoms with Gasteiger partial charge in [-0.3, -0.25) is 0 Å². The number of aryl methyl sites for hydroxylation is 1. The fourth-order valence-corrected chi connectivity index (χ4v) is 3.54. The molecule has 0 aliphatic heterocycles. The molecule has 2 nitrogen and oxygen atoms in total. The Labute approximate surface area is 122 Å². The number of ether oxygens (including phenoxy) is 1. The van der Waals surface area contributed by atoms with Crippen molar-refractivity contribution in [2.45, 2.75) is 65.4 Å². The molecule has 1 aliphatic rings. The summed E-state index contributed by atoms with van der Waals surface area (Å²) in [6.07, 6.45) is 6.92. The van der Waals surface area contributed by atoms with E-state index in [9.17, 15) is 4.79 Å². The molecule has 0 bridgehead atoms. The normalized spacial score (nSPS) is 25.6. The first-order valence-electron chi connectivity index (χ1n) is 7.89. The van der Waals surface area contributed by atoms with E-state index in [1.165, 1.54) is 12.8 Å². The molecular weight excluding hydrogens is 248 g/mol. The van der Waals surface area contributed by atoms with Crippen molar-refractivity contribution in [3.05, 3.63) is 35.4 Å². The van der Waals surface area contributed by atoms with E-state index in [0.717, 1.165) is 31.2 Å². The SMILES string of the molecule is CCCC1(CC)CCCC1OC(=O)c1ccc(C)cc1. The monoisotopic (exact) mass is 274 g/mol. The number of carbonyl (C=O) groups excluding carboxylic acids is 1. The smallest absolute Gasteiger partial charge is 0.338 e. The molecule has 1 aromatic carbocycles. The molecule has 0 amide bonds. The van der Waals surface area contributed by atoms with E-state index in [1.54, 1.807) is 0 Å². The second kappa shape index (κ2) is 6.43. The van der Waals surface area contributed by atoms with E-state index in [-0.39, 0.29) is 17.5 Å². The Morgan fingerprint density at radius 1 is 1.30 bits per heavy atom. The minimum atomic E-state index is -0.161. The van der Waals surface area contributed by atoms with Crippen LogP contribution >= 0.6 is 0 Å². The summed E-state index contributed by atoms with van der Waals surface area (Å²) in [6.45, 7) is 6.47. The number of hydrogen-bond donors (Lipinski definition) is 0. The van der Waals surface area contributed by atoms with Gasteiger partial charge in [-0.25, -0.2) is 4.79 Å². The van der Waals surface area contributed by atoms with E-state index in [0.29, 0.717) is 5.56 Å². The predicted molar refractivity (Wildman–Crippen MR) is 81.9 cm³/mol. The van der Waals surface area contributed by atoms with Gasteiger partial charge in [-0.1, -0.05) is 38.0 Å². The van der Waals surface area contributed by atoms with Crippen LogP contribution in [0.1, 0.15) is 68.3 Å². The predicted octanol–water partition coefficient (Wildman–Crippen LogP) is 4.90. The summed E-state index contributed by atoms with van der Waals surface area (Å²) in [6, 6.07) is 7.65. The first-order valence-corrected chi connectivity index (χ1v) is 7.89. The Kier molecular flexibility index (Phi) is 4.85. The van der Waals surface area contributed by atoms with Crippen LogP contribution in [-0.2, 0) is 4.74 Å². The van der Waals surface area contributed by atoms with Crippen molar-refractivity contribution in [2.24, 2.45) is 5.41 Å². The lowest BCUT2D eigenvalue weighted by Gasteiger charge is -2.34. The maximum Gasteiger partial charge on any atom is 0.338 e. The molecule has 0 heterocycles. The van der Waals surface area contributed by atoms with Crippen LogP contribution in [0, 0.1) is 12.3 Å². The molecule has 1 aliphatic carbocycles.